The number of carbonyl (C=O) groups excluding carboxylic acids is 2. The molecule has 0 N–H and O–H groups in total. The fourth-order valence-corrected chi connectivity index (χ4v) is 3.29. The summed E-state index contributed by atoms with van der Waals surface area (Å²) >= 11 is 0. The Hall–Kier alpha value is -3.62. The van der Waals surface area contributed by atoms with Crippen molar-refractivity contribution >= 4 is 12.0 Å². The minimum Gasteiger partial charge on any atom is -0.443 e. The van der Waals surface area contributed by atoms with Gasteiger partial charge in [-0.2, -0.15) is 4.39 Å². The van der Waals surface area contributed by atoms with Crippen LogP contribution in [0.15, 0.2) is 36.5 Å². The molecular formula is C21H20FN5O3. The molecule has 2 aromatic heterocycles. The molecule has 0 bridgehead atoms. The lowest BCUT2D eigenvalue weighted by Crippen LogP contribution is -2.36. The molecule has 3 aromatic rings. The minimum atomic E-state index is -0.700. The fraction of sp³-hybridized carbons (Fsp3) is 0.286. The molecule has 4 rings (SSSR count). The summed E-state index contributed by atoms with van der Waals surface area (Å²) in [4.78, 5) is 29.7. The summed E-state index contributed by atoms with van der Waals surface area (Å²) in [7, 11) is 0. The van der Waals surface area contributed by atoms with E-state index in [4.69, 9.17) is 4.74 Å². The topological polar surface area (TPSA) is 90.2 Å². The van der Waals surface area contributed by atoms with Gasteiger partial charge in [0.2, 0.25) is 5.95 Å². The van der Waals surface area contributed by atoms with Crippen LogP contribution in [0.2, 0.25) is 0 Å². The van der Waals surface area contributed by atoms with Gasteiger partial charge in [-0.1, -0.05) is 11.3 Å². The van der Waals surface area contributed by atoms with Crippen molar-refractivity contribution in [3.05, 3.63) is 59.3 Å². The third kappa shape index (κ3) is 3.42. The number of hydrogen-bond donors (Lipinski definition) is 0. The van der Waals surface area contributed by atoms with Crippen LogP contribution in [0.4, 0.5) is 9.18 Å². The molecule has 0 spiro atoms. The van der Waals surface area contributed by atoms with Gasteiger partial charge in [-0.05, 0) is 57.5 Å². The van der Waals surface area contributed by atoms with Crippen molar-refractivity contribution < 1.29 is 18.7 Å². The molecule has 1 aliphatic heterocycles. The first kappa shape index (κ1) is 19.7. The number of rotatable bonds is 2. The molecule has 0 saturated carbocycles. The maximum absolute atomic E-state index is 14.0. The summed E-state index contributed by atoms with van der Waals surface area (Å²) in [5, 5.41) is 8.23. The Morgan fingerprint density at radius 2 is 2.00 bits per heavy atom. The smallest absolute Gasteiger partial charge is 0.417 e. The van der Waals surface area contributed by atoms with E-state index in [-0.39, 0.29) is 12.2 Å². The number of benzene rings is 1. The Morgan fingerprint density at radius 1 is 1.23 bits per heavy atom. The van der Waals surface area contributed by atoms with E-state index >= 15 is 0 Å². The predicted octanol–water partition coefficient (Wildman–Crippen LogP) is 3.67. The van der Waals surface area contributed by atoms with Crippen LogP contribution < -0.4 is 0 Å². The van der Waals surface area contributed by atoms with Gasteiger partial charge >= 0.3 is 6.09 Å². The average molecular weight is 409 g/mol. The largest absolute Gasteiger partial charge is 0.443 e. The molecule has 0 saturated heterocycles. The first-order chi connectivity index (χ1) is 14.2. The molecule has 2 amide bonds. The highest BCUT2D eigenvalue weighted by molar-refractivity contribution is 6.06. The third-order valence-electron chi connectivity index (χ3n) is 4.66. The summed E-state index contributed by atoms with van der Waals surface area (Å²) < 4.78 is 20.7. The van der Waals surface area contributed by atoms with Crippen molar-refractivity contribution in [2.75, 3.05) is 0 Å². The first-order valence-electron chi connectivity index (χ1n) is 9.37. The zero-order valence-electron chi connectivity index (χ0n) is 17.0. The second kappa shape index (κ2) is 7.01. The summed E-state index contributed by atoms with van der Waals surface area (Å²) in [5.41, 5.74) is 2.49. The molecule has 30 heavy (non-hydrogen) atoms. The molecule has 154 valence electrons. The average Bonchev–Trinajstić information content (AvgIpc) is 3.21. The number of imide groups is 1. The zero-order chi connectivity index (χ0) is 21.6. The quantitative estimate of drug-likeness (QED) is 0.600. The number of nitrogens with zero attached hydrogens (tertiary/aromatic N) is 5. The molecule has 9 heteroatoms. The van der Waals surface area contributed by atoms with Gasteiger partial charge in [0.15, 0.2) is 0 Å². The SMILES string of the molecule is Cc1c(-c2ccc3c(c2)CN(C(=O)OC(C)(C)C)C3=O)nnn1-c1cccnc1F. The normalized spacial score (nSPS) is 13.5. The number of hydrogen-bond acceptors (Lipinski definition) is 6. The van der Waals surface area contributed by atoms with Crippen LogP contribution in [0.1, 0.15) is 42.4 Å². The van der Waals surface area contributed by atoms with E-state index < -0.39 is 23.5 Å². The molecule has 0 fully saturated rings. The van der Waals surface area contributed by atoms with E-state index in [2.05, 4.69) is 15.3 Å². The van der Waals surface area contributed by atoms with Gasteiger partial charge < -0.3 is 4.74 Å². The van der Waals surface area contributed by atoms with Gasteiger partial charge in [0.05, 0.1) is 12.2 Å². The molecule has 0 radical (unpaired) electrons. The van der Waals surface area contributed by atoms with Crippen LogP contribution >= 0.6 is 0 Å². The Bertz CT molecular complexity index is 1170. The summed E-state index contributed by atoms with van der Waals surface area (Å²) in [6.45, 7) is 7.12. The molecular weight excluding hydrogens is 389 g/mol. The number of aromatic nitrogens is 4. The second-order valence-electron chi connectivity index (χ2n) is 7.99. The highest BCUT2D eigenvalue weighted by atomic mass is 19.1. The molecule has 8 nitrogen and oxygen atoms in total. The van der Waals surface area contributed by atoms with E-state index in [1.54, 1.807) is 58.0 Å². The maximum atomic E-state index is 14.0. The monoisotopic (exact) mass is 409 g/mol. The van der Waals surface area contributed by atoms with E-state index in [1.165, 1.54) is 10.9 Å². The zero-order valence-corrected chi connectivity index (χ0v) is 17.0. The standard InChI is InChI=1S/C21H20FN5O3/c1-12-17(24-25-27(12)16-6-5-9-23-18(16)22)13-7-8-15-14(10-13)11-26(19(15)28)20(29)30-21(2,3)4/h5-10H,11H2,1-4H3. The van der Waals surface area contributed by atoms with Crippen molar-refractivity contribution in [1.82, 2.24) is 24.9 Å². The maximum Gasteiger partial charge on any atom is 0.417 e. The van der Waals surface area contributed by atoms with Gasteiger partial charge in [0, 0.05) is 17.3 Å². The lowest BCUT2D eigenvalue weighted by Gasteiger charge is -2.23. The van der Waals surface area contributed by atoms with Gasteiger partial charge in [0.25, 0.3) is 5.91 Å². The predicted molar refractivity (Wildman–Crippen MR) is 105 cm³/mol. The fourth-order valence-electron chi connectivity index (χ4n) is 3.29. The summed E-state index contributed by atoms with van der Waals surface area (Å²) in [5.74, 6) is -1.05. The number of halogens is 1. The molecule has 3 heterocycles. The van der Waals surface area contributed by atoms with Crippen molar-refractivity contribution in [2.24, 2.45) is 0 Å². The Labute approximate surface area is 172 Å². The van der Waals surface area contributed by atoms with Gasteiger partial charge in [-0.25, -0.2) is 19.4 Å². The van der Waals surface area contributed by atoms with E-state index in [0.29, 0.717) is 28.1 Å². The van der Waals surface area contributed by atoms with E-state index in [9.17, 15) is 14.0 Å². The number of ether oxygens (including phenoxy) is 1. The minimum absolute atomic E-state index is 0.112. The van der Waals surface area contributed by atoms with Crippen LogP contribution in [0.3, 0.4) is 0 Å². The molecule has 1 aromatic carbocycles. The second-order valence-corrected chi connectivity index (χ2v) is 7.99. The van der Waals surface area contributed by atoms with Crippen molar-refractivity contribution in [1.29, 1.82) is 0 Å². The van der Waals surface area contributed by atoms with Crippen LogP contribution in [0, 0.1) is 12.9 Å². The highest BCUT2D eigenvalue weighted by Gasteiger charge is 2.35. The van der Waals surface area contributed by atoms with Gasteiger partial charge in [-0.3, -0.25) is 4.79 Å². The Morgan fingerprint density at radius 3 is 2.70 bits per heavy atom. The van der Waals surface area contributed by atoms with Crippen LogP contribution in [0.5, 0.6) is 0 Å². The van der Waals surface area contributed by atoms with Crippen LogP contribution in [0.25, 0.3) is 16.9 Å². The first-order valence-corrected chi connectivity index (χ1v) is 9.37. The van der Waals surface area contributed by atoms with Crippen molar-refractivity contribution in [2.45, 2.75) is 39.8 Å². The van der Waals surface area contributed by atoms with Gasteiger partial charge in [0.1, 0.15) is 17.0 Å². The Kier molecular flexibility index (Phi) is 4.60. The number of pyridine rings is 1. The summed E-state index contributed by atoms with van der Waals surface area (Å²) in [6, 6.07) is 8.36. The number of fused-ring (bicyclic) bond motifs is 1. The van der Waals surface area contributed by atoms with Crippen molar-refractivity contribution in [3.63, 3.8) is 0 Å². The summed E-state index contributed by atoms with van der Waals surface area (Å²) in [6.07, 6.45) is 0.680. The lowest BCUT2D eigenvalue weighted by atomic mass is 10.0. The lowest BCUT2D eigenvalue weighted by molar-refractivity contribution is 0.0248. The third-order valence-corrected chi connectivity index (χ3v) is 4.66. The highest BCUT2D eigenvalue weighted by Crippen LogP contribution is 2.30. The van der Waals surface area contributed by atoms with E-state index in [0.717, 1.165) is 4.90 Å². The molecule has 0 aliphatic carbocycles. The van der Waals surface area contributed by atoms with E-state index in [1.807, 2.05) is 0 Å². The molecule has 1 aliphatic rings. The molecule has 0 atom stereocenters. The molecule has 0 unspecified atom stereocenters. The number of carbonyl (C=O) groups is 2. The van der Waals surface area contributed by atoms with Crippen LogP contribution in [-0.2, 0) is 11.3 Å². The van der Waals surface area contributed by atoms with Gasteiger partial charge in [-0.15, -0.1) is 5.10 Å². The van der Waals surface area contributed by atoms with Crippen molar-refractivity contribution in [3.8, 4) is 16.9 Å². The van der Waals surface area contributed by atoms with Crippen LogP contribution in [-0.4, -0.2) is 42.5 Å². The Balaban J connectivity index is 1.65. The number of amides is 2.